The first-order valence-electron chi connectivity index (χ1n) is 10.8. The third-order valence-corrected chi connectivity index (χ3v) is 5.96. The van der Waals surface area contributed by atoms with Crippen molar-refractivity contribution in [2.24, 2.45) is 11.8 Å². The summed E-state index contributed by atoms with van der Waals surface area (Å²) in [6.07, 6.45) is 12.0. The molecule has 0 spiro atoms. The molecule has 164 valence electrons. The van der Waals surface area contributed by atoms with Crippen molar-refractivity contribution in [3.63, 3.8) is 0 Å². The molecule has 1 rings (SSSR count). The summed E-state index contributed by atoms with van der Waals surface area (Å²) in [5.74, 6) is -0.204. The van der Waals surface area contributed by atoms with Gasteiger partial charge in [-0.1, -0.05) is 48.8 Å². The summed E-state index contributed by atoms with van der Waals surface area (Å²) in [7, 11) is 2.90. The topological polar surface area (TPSA) is 55.8 Å². The number of aliphatic hydroxyl groups excluding tert-OH is 1. The van der Waals surface area contributed by atoms with Gasteiger partial charge >= 0.3 is 0 Å². The number of methoxy groups -OCH3 is 2. The minimum absolute atomic E-state index is 0.100. The largest absolute Gasteiger partial charge is 0.494 e. The third-order valence-electron chi connectivity index (χ3n) is 5.96. The average Bonchev–Trinajstić information content (AvgIpc) is 2.70. The number of ketones is 1. The molecule has 0 amide bonds. The van der Waals surface area contributed by atoms with E-state index in [1.807, 2.05) is 6.92 Å². The van der Waals surface area contributed by atoms with Gasteiger partial charge in [-0.25, -0.2) is 0 Å². The second-order valence-electron chi connectivity index (χ2n) is 8.18. The molecule has 0 saturated heterocycles. The molecule has 0 aromatic rings. The molecule has 0 fully saturated rings. The summed E-state index contributed by atoms with van der Waals surface area (Å²) in [4.78, 5) is 12.5. The quantitative estimate of drug-likeness (QED) is 0.437. The highest BCUT2D eigenvalue weighted by Gasteiger charge is 2.42. The lowest BCUT2D eigenvalue weighted by Crippen LogP contribution is -2.40. The van der Waals surface area contributed by atoms with Gasteiger partial charge in [-0.3, -0.25) is 4.79 Å². The van der Waals surface area contributed by atoms with Crippen LogP contribution in [0, 0.1) is 11.8 Å². The van der Waals surface area contributed by atoms with Crippen LogP contribution in [0.1, 0.15) is 73.1 Å². The zero-order chi connectivity index (χ0) is 22.0. The maximum Gasteiger partial charge on any atom is 0.204 e. The zero-order valence-electron chi connectivity index (χ0n) is 19.4. The van der Waals surface area contributed by atoms with Crippen molar-refractivity contribution in [2.75, 3.05) is 14.2 Å². The van der Waals surface area contributed by atoms with E-state index >= 15 is 0 Å². The van der Waals surface area contributed by atoms with Gasteiger partial charge in [0.2, 0.25) is 11.5 Å². The second-order valence-corrected chi connectivity index (χ2v) is 8.18. The van der Waals surface area contributed by atoms with Crippen LogP contribution in [-0.4, -0.2) is 31.2 Å². The maximum absolute atomic E-state index is 12.5. The van der Waals surface area contributed by atoms with Crippen molar-refractivity contribution in [2.45, 2.75) is 79.2 Å². The van der Waals surface area contributed by atoms with Crippen LogP contribution in [-0.2, 0) is 14.3 Å². The van der Waals surface area contributed by atoms with E-state index in [9.17, 15) is 9.90 Å². The molecule has 0 heterocycles. The fraction of sp³-hybridized carbons (Fsp3) is 0.640. The minimum Gasteiger partial charge on any atom is -0.494 e. The van der Waals surface area contributed by atoms with E-state index in [1.165, 1.54) is 30.9 Å². The second kappa shape index (κ2) is 12.7. The molecule has 1 aliphatic rings. The Morgan fingerprint density at radius 3 is 2.03 bits per heavy atom. The number of hydrogen-bond donors (Lipinski definition) is 1. The normalized spacial score (nSPS) is 24.2. The highest BCUT2D eigenvalue weighted by Crippen LogP contribution is 2.35. The van der Waals surface area contributed by atoms with E-state index in [1.54, 1.807) is 0 Å². The molecule has 4 heteroatoms. The van der Waals surface area contributed by atoms with E-state index < -0.39 is 6.10 Å². The van der Waals surface area contributed by atoms with Crippen LogP contribution >= 0.6 is 0 Å². The van der Waals surface area contributed by atoms with Crippen molar-refractivity contribution >= 4 is 5.78 Å². The number of aliphatic hydroxyl groups is 1. The number of hydrogen-bond acceptors (Lipinski definition) is 4. The number of allylic oxidation sites excluding steroid dienone is 7. The van der Waals surface area contributed by atoms with E-state index in [0.717, 1.165) is 32.1 Å². The lowest BCUT2D eigenvalue weighted by molar-refractivity contribution is -0.128. The number of carbonyl (C=O) groups excluding carboxylic acids is 1. The summed E-state index contributed by atoms with van der Waals surface area (Å²) >= 11 is 0. The van der Waals surface area contributed by atoms with E-state index in [2.05, 4.69) is 45.9 Å². The predicted molar refractivity (Wildman–Crippen MR) is 119 cm³/mol. The fourth-order valence-electron chi connectivity index (χ4n) is 3.65. The Bertz CT molecular complexity index is 666. The van der Waals surface area contributed by atoms with Crippen molar-refractivity contribution in [1.29, 1.82) is 0 Å². The molecule has 3 atom stereocenters. The standard InChI is InChI=1S/C25H40O4/c1-8-17(2)11-9-12-18(3)13-10-14-19(4)15-16-21-20(5)22(26)24(28-6)25(29-7)23(21)27/h11,13,15,20-21,23,27H,8-10,12,14,16H2,1-7H3/b17-11+,18-13+,19-15+/t20-,21-,23-/m1/s1. The molecule has 0 radical (unpaired) electrons. The number of Topliss-reactive ketones (excluding diaryl/α,β-unsaturated/α-hetero) is 1. The van der Waals surface area contributed by atoms with Crippen LogP contribution in [0.25, 0.3) is 0 Å². The highest BCUT2D eigenvalue weighted by atomic mass is 16.5. The lowest BCUT2D eigenvalue weighted by Gasteiger charge is -2.33. The molecule has 0 unspecified atom stereocenters. The highest BCUT2D eigenvalue weighted by molar-refractivity contribution is 5.97. The van der Waals surface area contributed by atoms with Crippen LogP contribution in [0.15, 0.2) is 46.5 Å². The summed E-state index contributed by atoms with van der Waals surface area (Å²) in [5, 5.41) is 10.7. The SMILES string of the molecule is CC/C(C)=C/CC/C(C)=C/CC/C(C)=C/C[C@@H]1[C@@H](C)C(=O)C(OC)=C(OC)[C@@H]1O. The maximum atomic E-state index is 12.5. The van der Waals surface area contributed by atoms with Gasteiger partial charge in [0.15, 0.2) is 5.76 Å². The Morgan fingerprint density at radius 1 is 0.966 bits per heavy atom. The Kier molecular flexibility index (Phi) is 11.0. The minimum atomic E-state index is -0.825. The Hall–Kier alpha value is -1.81. The first kappa shape index (κ1) is 25.2. The summed E-state index contributed by atoms with van der Waals surface area (Å²) in [6.45, 7) is 10.5. The third kappa shape index (κ3) is 7.50. The molecule has 0 bridgehead atoms. The molecule has 0 aliphatic heterocycles. The van der Waals surface area contributed by atoms with E-state index in [-0.39, 0.29) is 29.1 Å². The monoisotopic (exact) mass is 404 g/mol. The summed E-state index contributed by atoms with van der Waals surface area (Å²) < 4.78 is 10.4. The van der Waals surface area contributed by atoms with E-state index in [4.69, 9.17) is 9.47 Å². The molecule has 0 aromatic carbocycles. The molecule has 4 nitrogen and oxygen atoms in total. The van der Waals surface area contributed by atoms with E-state index in [0.29, 0.717) is 6.42 Å². The van der Waals surface area contributed by atoms with Gasteiger partial charge in [-0.2, -0.15) is 0 Å². The van der Waals surface area contributed by atoms with Gasteiger partial charge in [-0.15, -0.1) is 0 Å². The Labute approximate surface area is 177 Å². The van der Waals surface area contributed by atoms with Crippen molar-refractivity contribution in [3.8, 4) is 0 Å². The smallest absolute Gasteiger partial charge is 0.204 e. The van der Waals surface area contributed by atoms with Gasteiger partial charge in [0, 0.05) is 11.8 Å². The first-order valence-corrected chi connectivity index (χ1v) is 10.8. The van der Waals surface area contributed by atoms with Gasteiger partial charge in [-0.05, 0) is 59.3 Å². The molecule has 1 N–H and O–H groups in total. The molecule has 0 saturated carbocycles. The van der Waals surface area contributed by atoms with Crippen LogP contribution in [0.3, 0.4) is 0 Å². The number of carbonyl (C=O) groups is 1. The van der Waals surface area contributed by atoms with Gasteiger partial charge in [0.25, 0.3) is 0 Å². The van der Waals surface area contributed by atoms with Gasteiger partial charge in [0.05, 0.1) is 14.2 Å². The van der Waals surface area contributed by atoms with Crippen molar-refractivity contribution in [3.05, 3.63) is 46.5 Å². The lowest BCUT2D eigenvalue weighted by atomic mass is 9.77. The van der Waals surface area contributed by atoms with Crippen molar-refractivity contribution < 1.29 is 19.4 Å². The van der Waals surface area contributed by atoms with Crippen LogP contribution < -0.4 is 0 Å². The van der Waals surface area contributed by atoms with Crippen LogP contribution in [0.2, 0.25) is 0 Å². The molecule has 1 aliphatic carbocycles. The van der Waals surface area contributed by atoms with Gasteiger partial charge < -0.3 is 14.6 Å². The van der Waals surface area contributed by atoms with Crippen molar-refractivity contribution in [1.82, 2.24) is 0 Å². The molecule has 0 aromatic heterocycles. The number of rotatable bonds is 11. The predicted octanol–water partition coefficient (Wildman–Crippen LogP) is 5.89. The molecular weight excluding hydrogens is 364 g/mol. The first-order chi connectivity index (χ1) is 13.8. The van der Waals surface area contributed by atoms with Gasteiger partial charge in [0.1, 0.15) is 6.10 Å². The summed E-state index contributed by atoms with van der Waals surface area (Å²) in [6, 6.07) is 0. The Morgan fingerprint density at radius 2 is 1.52 bits per heavy atom. The Balaban J connectivity index is 2.61. The average molecular weight is 405 g/mol. The molecular formula is C25H40O4. The zero-order valence-corrected chi connectivity index (χ0v) is 19.4. The number of ether oxygens (including phenoxy) is 2. The van der Waals surface area contributed by atoms with Crippen LogP contribution in [0.4, 0.5) is 0 Å². The van der Waals surface area contributed by atoms with Crippen LogP contribution in [0.5, 0.6) is 0 Å². The molecule has 29 heavy (non-hydrogen) atoms. The fourth-order valence-corrected chi connectivity index (χ4v) is 3.65. The summed E-state index contributed by atoms with van der Waals surface area (Å²) in [5.41, 5.74) is 4.17.